The Morgan fingerprint density at radius 3 is 2.08 bits per heavy atom. The molecule has 0 saturated heterocycles. The molecule has 0 aliphatic rings. The average molecular weight is 380 g/mol. The summed E-state index contributed by atoms with van der Waals surface area (Å²) in [6.45, 7) is 3.45. The molecular weight excluding hydrogens is 360 g/mol. The van der Waals surface area contributed by atoms with E-state index in [0.717, 1.165) is 15.9 Å². The van der Waals surface area contributed by atoms with E-state index in [4.69, 9.17) is 9.47 Å². The number of rotatable bonds is 7. The molecule has 0 heterocycles. The minimum atomic E-state index is -3.99. The Kier molecular flexibility index (Phi) is 5.71. The number of nitrogens with zero attached hydrogens (tertiary/aromatic N) is 2. The van der Waals surface area contributed by atoms with Crippen molar-refractivity contribution >= 4 is 21.4 Å². The molecule has 0 atom stereocenters. The molecule has 140 valence electrons. The molecule has 0 radical (unpaired) electrons. The Hall–Kier alpha value is -2.81. The number of ether oxygens (including phenoxy) is 2. The van der Waals surface area contributed by atoms with Gasteiger partial charge in [0.05, 0.1) is 30.1 Å². The first kappa shape index (κ1) is 19.5. The number of nitro benzene ring substituents is 1. The summed E-state index contributed by atoms with van der Waals surface area (Å²) in [5, 5.41) is 11.5. The maximum Gasteiger partial charge on any atom is 0.297 e. The van der Waals surface area contributed by atoms with E-state index in [1.54, 1.807) is 19.1 Å². The summed E-state index contributed by atoms with van der Waals surface area (Å²) in [6.07, 6.45) is 0. The number of hydrogen-bond acceptors (Lipinski definition) is 6. The van der Waals surface area contributed by atoms with E-state index >= 15 is 0 Å². The van der Waals surface area contributed by atoms with Gasteiger partial charge in [-0.2, -0.15) is 0 Å². The molecule has 0 bridgehead atoms. The summed E-state index contributed by atoms with van der Waals surface area (Å²) in [7, 11) is -1.27. The first-order valence-electron chi connectivity index (χ1n) is 7.76. The zero-order valence-electron chi connectivity index (χ0n) is 14.9. The van der Waals surface area contributed by atoms with Gasteiger partial charge in [0.15, 0.2) is 11.5 Å². The zero-order valence-corrected chi connectivity index (χ0v) is 15.7. The van der Waals surface area contributed by atoms with Crippen LogP contribution >= 0.6 is 0 Å². The van der Waals surface area contributed by atoms with Crippen molar-refractivity contribution in [2.75, 3.05) is 25.1 Å². The Balaban J connectivity index is 2.69. The summed E-state index contributed by atoms with van der Waals surface area (Å²) in [5.41, 5.74) is 0.431. The fourth-order valence-corrected chi connectivity index (χ4v) is 3.99. The van der Waals surface area contributed by atoms with Crippen molar-refractivity contribution in [3.63, 3.8) is 0 Å². The lowest BCUT2D eigenvalue weighted by atomic mass is 10.2. The van der Waals surface area contributed by atoms with Crippen molar-refractivity contribution in [1.29, 1.82) is 0 Å². The second-order valence-corrected chi connectivity index (χ2v) is 7.30. The first-order chi connectivity index (χ1) is 12.3. The molecule has 26 heavy (non-hydrogen) atoms. The zero-order chi connectivity index (χ0) is 19.5. The van der Waals surface area contributed by atoms with Crippen LogP contribution in [-0.4, -0.2) is 34.1 Å². The number of hydrogen-bond donors (Lipinski definition) is 0. The van der Waals surface area contributed by atoms with Crippen molar-refractivity contribution in [2.45, 2.75) is 18.7 Å². The number of nitro groups is 1. The number of anilines is 1. The van der Waals surface area contributed by atoms with Crippen molar-refractivity contribution in [1.82, 2.24) is 0 Å². The maximum atomic E-state index is 13.0. The van der Waals surface area contributed by atoms with Gasteiger partial charge in [0.2, 0.25) is 0 Å². The highest BCUT2D eigenvalue weighted by atomic mass is 32.2. The van der Waals surface area contributed by atoms with Crippen LogP contribution in [-0.2, 0) is 10.0 Å². The molecule has 0 spiro atoms. The van der Waals surface area contributed by atoms with Gasteiger partial charge in [0.25, 0.3) is 15.7 Å². The molecule has 0 fully saturated rings. The van der Waals surface area contributed by atoms with Gasteiger partial charge >= 0.3 is 0 Å². The maximum absolute atomic E-state index is 13.0. The third kappa shape index (κ3) is 3.57. The quantitative estimate of drug-likeness (QED) is 0.540. The fourth-order valence-electron chi connectivity index (χ4n) is 2.51. The van der Waals surface area contributed by atoms with Gasteiger partial charge in [0.1, 0.15) is 5.69 Å². The third-order valence-corrected chi connectivity index (χ3v) is 5.75. The van der Waals surface area contributed by atoms with Crippen LogP contribution in [0.3, 0.4) is 0 Å². The predicted octanol–water partition coefficient (Wildman–Crippen LogP) is 3.14. The van der Waals surface area contributed by atoms with Gasteiger partial charge in [-0.15, -0.1) is 0 Å². The Morgan fingerprint density at radius 1 is 1.08 bits per heavy atom. The molecule has 0 saturated carbocycles. The second-order valence-electron chi connectivity index (χ2n) is 5.44. The number of benzene rings is 2. The second kappa shape index (κ2) is 7.61. The van der Waals surface area contributed by atoms with E-state index in [0.29, 0.717) is 0 Å². The molecule has 0 aliphatic heterocycles. The Morgan fingerprint density at radius 2 is 1.62 bits per heavy atom. The summed E-state index contributed by atoms with van der Waals surface area (Å²) < 4.78 is 37.3. The minimum absolute atomic E-state index is 0.00648. The van der Waals surface area contributed by atoms with Gasteiger partial charge in [-0.1, -0.05) is 17.7 Å². The van der Waals surface area contributed by atoms with Crippen LogP contribution in [0.4, 0.5) is 11.4 Å². The Bertz CT molecular complexity index is 910. The van der Waals surface area contributed by atoms with E-state index in [9.17, 15) is 18.5 Å². The van der Waals surface area contributed by atoms with Gasteiger partial charge in [-0.25, -0.2) is 8.42 Å². The summed E-state index contributed by atoms with van der Waals surface area (Å²) in [6, 6.07) is 8.74. The highest BCUT2D eigenvalue weighted by molar-refractivity contribution is 7.92. The average Bonchev–Trinajstić information content (AvgIpc) is 2.61. The van der Waals surface area contributed by atoms with Crippen LogP contribution < -0.4 is 13.8 Å². The Labute approximate surface area is 152 Å². The van der Waals surface area contributed by atoms with Crippen LogP contribution in [0.1, 0.15) is 12.5 Å². The summed E-state index contributed by atoms with van der Waals surface area (Å²) in [5.74, 6) is 0.345. The van der Waals surface area contributed by atoms with Crippen molar-refractivity contribution in [3.8, 4) is 11.5 Å². The molecule has 0 N–H and O–H groups in total. The number of aryl methyl sites for hydroxylation is 1. The normalized spacial score (nSPS) is 11.1. The van der Waals surface area contributed by atoms with Gasteiger partial charge < -0.3 is 9.47 Å². The predicted molar refractivity (Wildman–Crippen MR) is 97.6 cm³/mol. The molecule has 2 rings (SSSR count). The highest BCUT2D eigenvalue weighted by Crippen LogP contribution is 2.41. The van der Waals surface area contributed by atoms with Crippen LogP contribution in [0.5, 0.6) is 11.5 Å². The van der Waals surface area contributed by atoms with E-state index in [2.05, 4.69) is 0 Å². The van der Waals surface area contributed by atoms with Crippen molar-refractivity contribution in [2.24, 2.45) is 0 Å². The van der Waals surface area contributed by atoms with E-state index in [-0.39, 0.29) is 34.3 Å². The SMILES string of the molecule is CCN(c1cc(OC)c(OC)cc1[N+](=O)[O-])S(=O)(=O)c1ccc(C)cc1. The van der Waals surface area contributed by atoms with Gasteiger partial charge in [0, 0.05) is 12.6 Å². The molecule has 0 aromatic heterocycles. The topological polar surface area (TPSA) is 99.0 Å². The van der Waals surface area contributed by atoms with Crippen LogP contribution in [0.2, 0.25) is 0 Å². The van der Waals surface area contributed by atoms with Gasteiger partial charge in [-0.05, 0) is 26.0 Å². The first-order valence-corrected chi connectivity index (χ1v) is 9.20. The van der Waals surface area contributed by atoms with Crippen LogP contribution in [0.25, 0.3) is 0 Å². The molecule has 0 aliphatic carbocycles. The molecule has 9 heteroatoms. The molecule has 2 aromatic rings. The van der Waals surface area contributed by atoms with E-state index in [1.807, 2.05) is 6.92 Å². The lowest BCUT2D eigenvalue weighted by Gasteiger charge is -2.23. The lowest BCUT2D eigenvalue weighted by molar-refractivity contribution is -0.384. The largest absolute Gasteiger partial charge is 0.493 e. The van der Waals surface area contributed by atoms with Gasteiger partial charge in [-0.3, -0.25) is 14.4 Å². The summed E-state index contributed by atoms with van der Waals surface area (Å²) >= 11 is 0. The van der Waals surface area contributed by atoms with Crippen molar-refractivity contribution < 1.29 is 22.8 Å². The highest BCUT2D eigenvalue weighted by Gasteiger charge is 2.31. The van der Waals surface area contributed by atoms with Crippen LogP contribution in [0, 0.1) is 17.0 Å². The minimum Gasteiger partial charge on any atom is -0.493 e. The molecule has 8 nitrogen and oxygen atoms in total. The standard InChI is InChI=1S/C17H20N2O6S/c1-5-18(26(22,23)13-8-6-12(2)7-9-13)14-10-16(24-3)17(25-4)11-15(14)19(20)21/h6-11H,5H2,1-4H3. The number of sulfonamides is 1. The van der Waals surface area contributed by atoms with E-state index < -0.39 is 14.9 Å². The smallest absolute Gasteiger partial charge is 0.297 e. The monoisotopic (exact) mass is 380 g/mol. The molecule has 0 amide bonds. The van der Waals surface area contributed by atoms with Crippen molar-refractivity contribution in [3.05, 3.63) is 52.1 Å². The number of methoxy groups -OCH3 is 2. The summed E-state index contributed by atoms with van der Waals surface area (Å²) in [4.78, 5) is 10.9. The third-order valence-electron chi connectivity index (χ3n) is 3.84. The van der Waals surface area contributed by atoms with E-state index in [1.165, 1.54) is 32.4 Å². The molecular formula is C17H20N2O6S. The molecule has 2 aromatic carbocycles. The van der Waals surface area contributed by atoms with Crippen LogP contribution in [0.15, 0.2) is 41.3 Å². The fraction of sp³-hybridized carbons (Fsp3) is 0.294. The lowest BCUT2D eigenvalue weighted by Crippen LogP contribution is -2.31. The molecule has 0 unspecified atom stereocenters.